The van der Waals surface area contributed by atoms with Crippen molar-refractivity contribution in [1.82, 2.24) is 14.7 Å². The Hall–Kier alpha value is -2.23. The number of benzene rings is 1. The Bertz CT molecular complexity index is 672. The van der Waals surface area contributed by atoms with E-state index in [0.29, 0.717) is 18.0 Å². The minimum absolute atomic E-state index is 0.0123. The number of hydrogen-bond acceptors (Lipinski definition) is 3. The first-order valence-electron chi connectivity index (χ1n) is 7.84. The Morgan fingerprint density at radius 2 is 1.69 bits per heavy atom. The maximum Gasteiger partial charge on any atom is 0.406 e. The molecule has 0 aromatic heterocycles. The fourth-order valence-electron chi connectivity index (χ4n) is 2.59. The van der Waals surface area contributed by atoms with Crippen molar-refractivity contribution in [2.24, 2.45) is 0 Å². The van der Waals surface area contributed by atoms with Crippen LogP contribution in [0.1, 0.15) is 10.4 Å². The molecule has 1 aromatic rings. The van der Waals surface area contributed by atoms with E-state index in [1.165, 1.54) is 11.0 Å². The number of amides is 2. The van der Waals surface area contributed by atoms with Crippen molar-refractivity contribution in [2.45, 2.75) is 6.18 Å². The summed E-state index contributed by atoms with van der Waals surface area (Å²) in [5, 5.41) is 0. The summed E-state index contributed by atoms with van der Waals surface area (Å²) in [4.78, 5) is 27.8. The quantitative estimate of drug-likeness (QED) is 0.749. The van der Waals surface area contributed by atoms with Crippen LogP contribution in [-0.2, 0) is 4.79 Å². The third-order valence-corrected chi connectivity index (χ3v) is 4.03. The number of likely N-dealkylation sites (N-methyl/N-ethyl adjacent to an activating group) is 1. The second kappa shape index (κ2) is 7.98. The van der Waals surface area contributed by atoms with Crippen molar-refractivity contribution in [3.05, 3.63) is 35.4 Å². The van der Waals surface area contributed by atoms with E-state index in [1.807, 2.05) is 0 Å². The van der Waals surface area contributed by atoms with Crippen LogP contribution in [-0.4, -0.2) is 79.0 Å². The average Bonchev–Trinajstić information content (AvgIpc) is 2.56. The Kier molecular flexibility index (Phi) is 6.17. The smallest absolute Gasteiger partial charge is 0.336 e. The van der Waals surface area contributed by atoms with Crippen molar-refractivity contribution in [3.63, 3.8) is 0 Å². The first kappa shape index (κ1) is 20.1. The fourth-order valence-corrected chi connectivity index (χ4v) is 2.59. The van der Waals surface area contributed by atoms with E-state index in [4.69, 9.17) is 0 Å². The van der Waals surface area contributed by atoms with Gasteiger partial charge in [0.1, 0.15) is 6.54 Å². The maximum absolute atomic E-state index is 13.2. The molecule has 1 aliphatic rings. The van der Waals surface area contributed by atoms with Crippen molar-refractivity contribution < 1.29 is 31.5 Å². The zero-order valence-electron chi connectivity index (χ0n) is 14.0. The third kappa shape index (κ3) is 5.38. The highest BCUT2D eigenvalue weighted by Crippen LogP contribution is 2.16. The molecule has 0 aliphatic carbocycles. The molecule has 1 aliphatic heterocycles. The Labute approximate surface area is 147 Å². The zero-order valence-corrected chi connectivity index (χ0v) is 14.0. The molecule has 1 heterocycles. The molecule has 1 saturated heterocycles. The number of carbonyl (C=O) groups excluding carboxylic acids is 2. The summed E-state index contributed by atoms with van der Waals surface area (Å²) in [6.07, 6.45) is -4.46. The van der Waals surface area contributed by atoms with Gasteiger partial charge in [0.15, 0.2) is 11.6 Å². The van der Waals surface area contributed by atoms with Crippen molar-refractivity contribution >= 4 is 11.8 Å². The lowest BCUT2D eigenvalue weighted by Gasteiger charge is -2.35. The summed E-state index contributed by atoms with van der Waals surface area (Å²) in [6.45, 7) is -0.454. The van der Waals surface area contributed by atoms with Crippen molar-refractivity contribution in [1.29, 1.82) is 0 Å². The fraction of sp³-hybridized carbons (Fsp3) is 0.500. The highest BCUT2D eigenvalue weighted by molar-refractivity contribution is 5.94. The van der Waals surface area contributed by atoms with E-state index < -0.39 is 36.2 Å². The largest absolute Gasteiger partial charge is 0.406 e. The van der Waals surface area contributed by atoms with Gasteiger partial charge in [-0.3, -0.25) is 14.5 Å². The van der Waals surface area contributed by atoms with Crippen molar-refractivity contribution in [3.8, 4) is 0 Å². The molecule has 0 spiro atoms. The standard InChI is InChI=1S/C16H18F5N3O2/c1-22(10-16(19,20)21)14(25)9-23-4-6-24(7-5-23)15(26)11-2-3-12(17)13(18)8-11/h2-3,8H,4-7,9-10H2,1H3. The number of piperazine rings is 1. The van der Waals surface area contributed by atoms with Gasteiger partial charge in [-0.1, -0.05) is 0 Å². The predicted molar refractivity (Wildman–Crippen MR) is 82.4 cm³/mol. The molecule has 0 atom stereocenters. The van der Waals surface area contributed by atoms with Crippen LogP contribution in [0.15, 0.2) is 18.2 Å². The van der Waals surface area contributed by atoms with Crippen LogP contribution in [0.25, 0.3) is 0 Å². The van der Waals surface area contributed by atoms with E-state index in [9.17, 15) is 31.5 Å². The summed E-state index contributed by atoms with van der Waals surface area (Å²) < 4.78 is 63.1. The summed E-state index contributed by atoms with van der Waals surface area (Å²) in [5.74, 6) is -3.30. The second-order valence-corrected chi connectivity index (χ2v) is 6.06. The maximum atomic E-state index is 13.2. The van der Waals surface area contributed by atoms with Gasteiger partial charge in [0.05, 0.1) is 6.54 Å². The molecule has 1 fully saturated rings. The van der Waals surface area contributed by atoms with Crippen LogP contribution >= 0.6 is 0 Å². The van der Waals surface area contributed by atoms with Gasteiger partial charge in [0.2, 0.25) is 5.91 Å². The monoisotopic (exact) mass is 379 g/mol. The lowest BCUT2D eigenvalue weighted by Crippen LogP contribution is -2.51. The van der Waals surface area contributed by atoms with Crippen LogP contribution in [0.3, 0.4) is 0 Å². The summed E-state index contributed by atoms with van der Waals surface area (Å²) in [6, 6.07) is 2.87. The predicted octanol–water partition coefficient (Wildman–Crippen LogP) is 1.74. The molecule has 1 aromatic carbocycles. The number of nitrogens with zero attached hydrogens (tertiary/aromatic N) is 3. The number of carbonyl (C=O) groups is 2. The third-order valence-electron chi connectivity index (χ3n) is 4.03. The lowest BCUT2D eigenvalue weighted by molar-refractivity contribution is -0.159. The van der Waals surface area contributed by atoms with Crippen molar-refractivity contribution in [2.75, 3.05) is 46.3 Å². The molecule has 5 nitrogen and oxygen atoms in total. The topological polar surface area (TPSA) is 43.9 Å². The van der Waals surface area contributed by atoms with Gasteiger partial charge in [-0.05, 0) is 18.2 Å². The van der Waals surface area contributed by atoms with E-state index in [2.05, 4.69) is 0 Å². The first-order chi connectivity index (χ1) is 12.1. The zero-order chi connectivity index (χ0) is 19.5. The van der Waals surface area contributed by atoms with Gasteiger partial charge in [-0.25, -0.2) is 8.78 Å². The van der Waals surface area contributed by atoms with Crippen LogP contribution < -0.4 is 0 Å². The van der Waals surface area contributed by atoms with E-state index >= 15 is 0 Å². The molecule has 0 unspecified atom stereocenters. The number of hydrogen-bond donors (Lipinski definition) is 0. The molecule has 10 heteroatoms. The second-order valence-electron chi connectivity index (χ2n) is 6.06. The molecule has 26 heavy (non-hydrogen) atoms. The Balaban J connectivity index is 1.85. The van der Waals surface area contributed by atoms with Gasteiger partial charge < -0.3 is 9.80 Å². The molecule has 0 radical (unpaired) electrons. The van der Waals surface area contributed by atoms with Crippen LogP contribution in [0.4, 0.5) is 22.0 Å². The molecular formula is C16H18F5N3O2. The molecule has 0 saturated carbocycles. The number of halogens is 5. The van der Waals surface area contributed by atoms with E-state index in [0.717, 1.165) is 19.2 Å². The number of alkyl halides is 3. The molecule has 2 rings (SSSR count). The van der Waals surface area contributed by atoms with Gasteiger partial charge >= 0.3 is 6.18 Å². The van der Waals surface area contributed by atoms with Gasteiger partial charge in [0, 0.05) is 38.8 Å². The normalized spacial score (nSPS) is 15.8. The average molecular weight is 379 g/mol. The molecule has 0 bridgehead atoms. The van der Waals surface area contributed by atoms with Crippen LogP contribution in [0.2, 0.25) is 0 Å². The number of rotatable bonds is 4. The van der Waals surface area contributed by atoms with E-state index in [-0.39, 0.29) is 25.2 Å². The summed E-state index contributed by atoms with van der Waals surface area (Å²) in [5.41, 5.74) is 0.0123. The van der Waals surface area contributed by atoms with E-state index in [1.54, 1.807) is 4.90 Å². The Morgan fingerprint density at radius 1 is 1.08 bits per heavy atom. The molecule has 0 N–H and O–H groups in total. The van der Waals surface area contributed by atoms with Gasteiger partial charge in [0.25, 0.3) is 5.91 Å². The first-order valence-corrected chi connectivity index (χ1v) is 7.84. The van der Waals surface area contributed by atoms with Gasteiger partial charge in [-0.2, -0.15) is 13.2 Å². The summed E-state index contributed by atoms with van der Waals surface area (Å²) >= 11 is 0. The minimum Gasteiger partial charge on any atom is -0.336 e. The lowest BCUT2D eigenvalue weighted by atomic mass is 10.1. The van der Waals surface area contributed by atoms with Gasteiger partial charge in [-0.15, -0.1) is 0 Å². The highest BCUT2D eigenvalue weighted by Gasteiger charge is 2.32. The summed E-state index contributed by atoms with van der Waals surface area (Å²) in [7, 11) is 1.08. The van der Waals surface area contributed by atoms with Crippen LogP contribution in [0.5, 0.6) is 0 Å². The minimum atomic E-state index is -4.46. The molecule has 2 amide bonds. The molecular weight excluding hydrogens is 361 g/mol. The SMILES string of the molecule is CN(CC(F)(F)F)C(=O)CN1CCN(C(=O)c2ccc(F)c(F)c2)CC1. The highest BCUT2D eigenvalue weighted by atomic mass is 19.4. The molecule has 144 valence electrons. The van der Waals surface area contributed by atoms with Crippen LogP contribution in [0, 0.1) is 11.6 Å². The Morgan fingerprint density at radius 3 is 2.23 bits per heavy atom.